The van der Waals surface area contributed by atoms with Gasteiger partial charge in [-0.05, 0) is 35.9 Å². The molecule has 5 aromatic rings. The lowest BCUT2D eigenvalue weighted by Crippen LogP contribution is -1.89. The number of hydrogen-bond donors (Lipinski definition) is 2. The number of nitrogens with one attached hydrogen (secondary N) is 1. The molecular formula is C21H13FN4O. The molecule has 130 valence electrons. The molecule has 4 aromatic heterocycles. The normalized spacial score (nSPS) is 11.3. The van der Waals surface area contributed by atoms with E-state index in [4.69, 9.17) is 0 Å². The minimum atomic E-state index is -0.422. The lowest BCUT2D eigenvalue weighted by atomic mass is 10.0. The molecule has 0 aliphatic rings. The maximum atomic E-state index is 14.8. The molecule has 6 heteroatoms. The van der Waals surface area contributed by atoms with Gasteiger partial charge in [0.15, 0.2) is 0 Å². The summed E-state index contributed by atoms with van der Waals surface area (Å²) < 4.78 is 14.8. The number of aromatic nitrogens is 4. The van der Waals surface area contributed by atoms with Crippen LogP contribution in [-0.4, -0.2) is 25.0 Å². The number of hydrogen-bond acceptors (Lipinski definition) is 4. The fourth-order valence-electron chi connectivity index (χ4n) is 3.32. The van der Waals surface area contributed by atoms with Crippen LogP contribution in [0.5, 0.6) is 5.75 Å². The van der Waals surface area contributed by atoms with Gasteiger partial charge in [0.05, 0.1) is 23.6 Å². The SMILES string of the molecule is Oc1ccc(-c2c(F)cnc3[nH]c4cnc(-c5cccnc5)cc4c23)cc1. The second kappa shape index (κ2) is 5.88. The van der Waals surface area contributed by atoms with Crippen molar-refractivity contribution in [3.63, 3.8) is 0 Å². The standard InChI is InChI=1S/C21H13FN4O/c22-16-10-25-21-20(19(16)12-3-5-14(27)6-4-12)15-8-17(24-11-18(15)26-21)13-2-1-7-23-9-13/h1-11,27H,(H,25,26). The third kappa shape index (κ3) is 2.50. The summed E-state index contributed by atoms with van der Waals surface area (Å²) in [6.45, 7) is 0. The molecule has 0 amide bonds. The molecular weight excluding hydrogens is 343 g/mol. The number of pyridine rings is 3. The van der Waals surface area contributed by atoms with E-state index in [-0.39, 0.29) is 5.75 Å². The van der Waals surface area contributed by atoms with E-state index in [2.05, 4.69) is 19.9 Å². The monoisotopic (exact) mass is 356 g/mol. The van der Waals surface area contributed by atoms with Crippen molar-refractivity contribution in [3.8, 4) is 28.1 Å². The molecule has 0 bridgehead atoms. The Balaban J connectivity index is 1.84. The number of phenolic OH excluding ortho intramolecular Hbond substituents is 1. The lowest BCUT2D eigenvalue weighted by molar-refractivity contribution is 0.475. The van der Waals surface area contributed by atoms with Crippen LogP contribution in [0.25, 0.3) is 44.3 Å². The molecule has 0 aliphatic carbocycles. The third-order valence-electron chi connectivity index (χ3n) is 4.57. The summed E-state index contributed by atoms with van der Waals surface area (Å²) in [5.74, 6) is -0.291. The molecule has 2 N–H and O–H groups in total. The van der Waals surface area contributed by atoms with E-state index < -0.39 is 5.82 Å². The van der Waals surface area contributed by atoms with E-state index in [9.17, 15) is 9.50 Å². The molecule has 0 atom stereocenters. The number of fused-ring (bicyclic) bond motifs is 3. The van der Waals surface area contributed by atoms with E-state index in [0.29, 0.717) is 22.2 Å². The first-order valence-electron chi connectivity index (χ1n) is 8.36. The van der Waals surface area contributed by atoms with E-state index in [1.807, 2.05) is 18.2 Å². The number of nitrogens with zero attached hydrogens (tertiary/aromatic N) is 3. The Kier molecular flexibility index (Phi) is 3.36. The topological polar surface area (TPSA) is 74.7 Å². The fourth-order valence-corrected chi connectivity index (χ4v) is 3.32. The maximum absolute atomic E-state index is 14.8. The molecule has 0 radical (unpaired) electrons. The zero-order valence-electron chi connectivity index (χ0n) is 14.0. The van der Waals surface area contributed by atoms with Crippen LogP contribution in [0.15, 0.2) is 67.3 Å². The molecule has 1 aromatic carbocycles. The fraction of sp³-hybridized carbons (Fsp3) is 0. The first-order valence-corrected chi connectivity index (χ1v) is 8.36. The summed E-state index contributed by atoms with van der Waals surface area (Å²) in [5.41, 5.74) is 4.09. The Morgan fingerprint density at radius 2 is 1.78 bits per heavy atom. The van der Waals surface area contributed by atoms with E-state index in [1.165, 1.54) is 6.20 Å². The Bertz CT molecular complexity index is 1280. The van der Waals surface area contributed by atoms with Gasteiger partial charge in [0.2, 0.25) is 0 Å². The van der Waals surface area contributed by atoms with Gasteiger partial charge in [0.1, 0.15) is 17.2 Å². The largest absolute Gasteiger partial charge is 0.508 e. The number of phenols is 1. The predicted octanol–water partition coefficient (Wildman–Crippen LogP) is 4.68. The van der Waals surface area contributed by atoms with Crippen molar-refractivity contribution in [2.24, 2.45) is 0 Å². The summed E-state index contributed by atoms with van der Waals surface area (Å²) in [7, 11) is 0. The van der Waals surface area contributed by atoms with Crippen molar-refractivity contribution in [2.75, 3.05) is 0 Å². The smallest absolute Gasteiger partial charge is 0.150 e. The lowest BCUT2D eigenvalue weighted by Gasteiger charge is -2.06. The first kappa shape index (κ1) is 15.5. The van der Waals surface area contributed by atoms with Crippen molar-refractivity contribution in [1.29, 1.82) is 0 Å². The van der Waals surface area contributed by atoms with Crippen LogP contribution in [0, 0.1) is 5.82 Å². The van der Waals surface area contributed by atoms with Gasteiger partial charge in [-0.1, -0.05) is 12.1 Å². The number of aromatic hydroxyl groups is 1. The summed E-state index contributed by atoms with van der Waals surface area (Å²) >= 11 is 0. The van der Waals surface area contributed by atoms with Crippen LogP contribution in [-0.2, 0) is 0 Å². The zero-order valence-corrected chi connectivity index (χ0v) is 14.0. The molecule has 0 aliphatic heterocycles. The maximum Gasteiger partial charge on any atom is 0.150 e. The molecule has 0 unspecified atom stereocenters. The Morgan fingerprint density at radius 3 is 2.56 bits per heavy atom. The van der Waals surface area contributed by atoms with Crippen LogP contribution in [0.3, 0.4) is 0 Å². The quantitative estimate of drug-likeness (QED) is 0.481. The minimum Gasteiger partial charge on any atom is -0.508 e. The second-order valence-corrected chi connectivity index (χ2v) is 6.23. The highest BCUT2D eigenvalue weighted by molar-refractivity contribution is 6.13. The molecule has 27 heavy (non-hydrogen) atoms. The molecule has 0 saturated heterocycles. The van der Waals surface area contributed by atoms with Crippen LogP contribution < -0.4 is 0 Å². The summed E-state index contributed by atoms with van der Waals surface area (Å²) in [6, 6.07) is 12.1. The van der Waals surface area contributed by atoms with Crippen molar-refractivity contribution in [1.82, 2.24) is 19.9 Å². The van der Waals surface area contributed by atoms with Gasteiger partial charge in [-0.15, -0.1) is 0 Å². The Morgan fingerprint density at radius 1 is 0.926 bits per heavy atom. The number of aromatic amines is 1. The minimum absolute atomic E-state index is 0.131. The van der Waals surface area contributed by atoms with Gasteiger partial charge in [0.25, 0.3) is 0 Å². The molecule has 4 heterocycles. The van der Waals surface area contributed by atoms with Crippen LogP contribution >= 0.6 is 0 Å². The van der Waals surface area contributed by atoms with Gasteiger partial charge < -0.3 is 10.1 Å². The van der Waals surface area contributed by atoms with Gasteiger partial charge in [-0.2, -0.15) is 0 Å². The number of benzene rings is 1. The van der Waals surface area contributed by atoms with Crippen molar-refractivity contribution >= 4 is 21.9 Å². The van der Waals surface area contributed by atoms with E-state index in [1.54, 1.807) is 42.9 Å². The van der Waals surface area contributed by atoms with Gasteiger partial charge >= 0.3 is 0 Å². The summed E-state index contributed by atoms with van der Waals surface area (Å²) in [5, 5.41) is 11.1. The highest BCUT2D eigenvalue weighted by atomic mass is 19.1. The molecule has 0 spiro atoms. The highest BCUT2D eigenvalue weighted by Crippen LogP contribution is 2.36. The van der Waals surface area contributed by atoms with Crippen LogP contribution in [0.4, 0.5) is 4.39 Å². The van der Waals surface area contributed by atoms with Gasteiger partial charge in [-0.25, -0.2) is 9.37 Å². The molecule has 5 rings (SSSR count). The van der Waals surface area contributed by atoms with Gasteiger partial charge in [0, 0.05) is 34.3 Å². The van der Waals surface area contributed by atoms with Crippen molar-refractivity contribution < 1.29 is 9.50 Å². The van der Waals surface area contributed by atoms with Crippen LogP contribution in [0.1, 0.15) is 0 Å². The summed E-state index contributed by atoms with van der Waals surface area (Å²) in [4.78, 5) is 16.0. The summed E-state index contributed by atoms with van der Waals surface area (Å²) in [6.07, 6.45) is 6.37. The first-order chi connectivity index (χ1) is 13.2. The molecule has 0 fully saturated rings. The number of rotatable bonds is 2. The third-order valence-corrected chi connectivity index (χ3v) is 4.57. The average Bonchev–Trinajstić information content (AvgIpc) is 3.07. The predicted molar refractivity (Wildman–Crippen MR) is 102 cm³/mol. The average molecular weight is 356 g/mol. The number of H-pyrrole nitrogens is 1. The Labute approximate surface area is 153 Å². The molecule has 5 nitrogen and oxygen atoms in total. The molecule has 0 saturated carbocycles. The number of halogens is 1. The van der Waals surface area contributed by atoms with E-state index >= 15 is 0 Å². The highest BCUT2D eigenvalue weighted by Gasteiger charge is 2.17. The van der Waals surface area contributed by atoms with Gasteiger partial charge in [-0.3, -0.25) is 9.97 Å². The van der Waals surface area contributed by atoms with Crippen molar-refractivity contribution in [3.05, 3.63) is 73.1 Å². The van der Waals surface area contributed by atoms with E-state index in [0.717, 1.165) is 22.2 Å². The second-order valence-electron chi connectivity index (χ2n) is 6.23. The van der Waals surface area contributed by atoms with Crippen LogP contribution in [0.2, 0.25) is 0 Å². The Hall–Kier alpha value is -3.80. The van der Waals surface area contributed by atoms with Crippen molar-refractivity contribution in [2.45, 2.75) is 0 Å². The zero-order chi connectivity index (χ0) is 18.4.